The molecule has 0 bridgehead atoms. The largest absolute Gasteiger partial charge is 0.0834 e. The van der Waals surface area contributed by atoms with Crippen LogP contribution in [0.2, 0.25) is 5.02 Å². The Balaban J connectivity index is 2.44. The molecule has 0 aliphatic carbocycles. The number of rotatable bonds is 1. The third kappa shape index (κ3) is 2.59. The number of hydrogen-bond donors (Lipinski definition) is 0. The van der Waals surface area contributed by atoms with Gasteiger partial charge in [0.05, 0.1) is 5.02 Å². The van der Waals surface area contributed by atoms with Crippen molar-refractivity contribution < 1.29 is 0 Å². The molecular weight excluding hydrogens is 240 g/mol. The number of halogens is 1. The molecule has 18 heavy (non-hydrogen) atoms. The number of benzene rings is 2. The van der Waals surface area contributed by atoms with Crippen LogP contribution in [0.15, 0.2) is 42.5 Å². The van der Waals surface area contributed by atoms with E-state index in [-0.39, 0.29) is 5.41 Å². The van der Waals surface area contributed by atoms with E-state index in [4.69, 9.17) is 11.6 Å². The predicted molar refractivity (Wildman–Crippen MR) is 80.3 cm³/mol. The molecule has 0 N–H and O–H groups in total. The molecule has 0 aliphatic rings. The van der Waals surface area contributed by atoms with Gasteiger partial charge in [-0.05, 0) is 29.0 Å². The van der Waals surface area contributed by atoms with Crippen molar-refractivity contribution in [1.82, 2.24) is 0 Å². The van der Waals surface area contributed by atoms with E-state index < -0.39 is 0 Å². The summed E-state index contributed by atoms with van der Waals surface area (Å²) in [6.07, 6.45) is 0. The maximum absolute atomic E-state index is 6.36. The van der Waals surface area contributed by atoms with Crippen LogP contribution in [0.3, 0.4) is 0 Å². The first-order valence-electron chi connectivity index (χ1n) is 6.25. The number of hydrogen-bond acceptors (Lipinski definition) is 0. The Kier molecular flexibility index (Phi) is 3.49. The molecule has 0 aliphatic heterocycles. The lowest BCUT2D eigenvalue weighted by Crippen LogP contribution is -2.10. The van der Waals surface area contributed by atoms with E-state index in [9.17, 15) is 0 Å². The van der Waals surface area contributed by atoms with Gasteiger partial charge in [-0.1, -0.05) is 74.8 Å². The molecule has 0 unspecified atom stereocenters. The molecule has 0 aromatic heterocycles. The van der Waals surface area contributed by atoms with Gasteiger partial charge in [-0.2, -0.15) is 0 Å². The minimum atomic E-state index is 0.189. The second kappa shape index (κ2) is 4.78. The summed E-state index contributed by atoms with van der Waals surface area (Å²) in [5, 5.41) is 0.848. The van der Waals surface area contributed by atoms with Crippen molar-refractivity contribution in [2.24, 2.45) is 0 Å². The summed E-state index contributed by atoms with van der Waals surface area (Å²) in [5.74, 6) is 0. The summed E-state index contributed by atoms with van der Waals surface area (Å²) in [7, 11) is 0. The lowest BCUT2D eigenvalue weighted by atomic mass is 9.86. The molecule has 1 heteroatoms. The van der Waals surface area contributed by atoms with Gasteiger partial charge in [0.2, 0.25) is 0 Å². The molecule has 2 aromatic rings. The Labute approximate surface area is 115 Å². The molecule has 0 radical (unpaired) electrons. The summed E-state index contributed by atoms with van der Waals surface area (Å²) < 4.78 is 0. The maximum Gasteiger partial charge on any atom is 0.0513 e. The highest BCUT2D eigenvalue weighted by molar-refractivity contribution is 6.34. The molecule has 2 rings (SSSR count). The van der Waals surface area contributed by atoms with Gasteiger partial charge in [0.15, 0.2) is 0 Å². The molecule has 0 amide bonds. The van der Waals surface area contributed by atoms with E-state index in [0.717, 1.165) is 16.1 Å². The maximum atomic E-state index is 6.36. The molecule has 0 saturated carbocycles. The predicted octanol–water partition coefficient (Wildman–Crippen LogP) is 5.61. The normalized spacial score (nSPS) is 11.6. The van der Waals surface area contributed by atoms with Crippen LogP contribution in [0.25, 0.3) is 11.1 Å². The Hall–Kier alpha value is -1.27. The Morgan fingerprint density at radius 1 is 0.889 bits per heavy atom. The molecule has 0 nitrogen and oxygen atoms in total. The van der Waals surface area contributed by atoms with Crippen LogP contribution in [0, 0.1) is 6.92 Å². The van der Waals surface area contributed by atoms with E-state index in [2.05, 4.69) is 51.1 Å². The molecule has 0 saturated heterocycles. The van der Waals surface area contributed by atoms with Crippen LogP contribution in [-0.2, 0) is 5.41 Å². The quantitative estimate of drug-likeness (QED) is 0.623. The number of aryl methyl sites for hydroxylation is 1. The minimum absolute atomic E-state index is 0.189. The van der Waals surface area contributed by atoms with Crippen molar-refractivity contribution in [2.75, 3.05) is 0 Å². The van der Waals surface area contributed by atoms with Gasteiger partial charge >= 0.3 is 0 Å². The highest BCUT2D eigenvalue weighted by Gasteiger charge is 2.13. The van der Waals surface area contributed by atoms with Crippen LogP contribution in [0.5, 0.6) is 0 Å². The second-order valence-electron chi connectivity index (χ2n) is 5.76. The molecule has 94 valence electrons. The van der Waals surface area contributed by atoms with Gasteiger partial charge in [-0.25, -0.2) is 0 Å². The van der Waals surface area contributed by atoms with Gasteiger partial charge in [0, 0.05) is 5.56 Å². The molecule has 0 heterocycles. The van der Waals surface area contributed by atoms with Crippen molar-refractivity contribution in [2.45, 2.75) is 33.1 Å². The topological polar surface area (TPSA) is 0 Å². The van der Waals surface area contributed by atoms with E-state index in [1.54, 1.807) is 0 Å². The van der Waals surface area contributed by atoms with Gasteiger partial charge in [-0.15, -0.1) is 0 Å². The van der Waals surface area contributed by atoms with Crippen molar-refractivity contribution >= 4 is 11.6 Å². The molecule has 2 aromatic carbocycles. The second-order valence-corrected chi connectivity index (χ2v) is 6.14. The first-order chi connectivity index (χ1) is 8.39. The lowest BCUT2D eigenvalue weighted by Gasteiger charge is -2.19. The first-order valence-corrected chi connectivity index (χ1v) is 6.63. The fourth-order valence-electron chi connectivity index (χ4n) is 2.02. The summed E-state index contributed by atoms with van der Waals surface area (Å²) >= 11 is 6.36. The zero-order chi connectivity index (χ0) is 13.3. The Morgan fingerprint density at radius 3 is 2.06 bits per heavy atom. The van der Waals surface area contributed by atoms with Gasteiger partial charge in [0.1, 0.15) is 0 Å². The van der Waals surface area contributed by atoms with Crippen molar-refractivity contribution in [3.63, 3.8) is 0 Å². The van der Waals surface area contributed by atoms with E-state index in [1.807, 2.05) is 19.1 Å². The fourth-order valence-corrected chi connectivity index (χ4v) is 2.26. The lowest BCUT2D eigenvalue weighted by molar-refractivity contribution is 0.590. The summed E-state index contributed by atoms with van der Waals surface area (Å²) in [5.41, 5.74) is 4.94. The SMILES string of the molecule is Cc1cccc(-c2ccc(C(C)(C)C)cc2)c1Cl. The average Bonchev–Trinajstić information content (AvgIpc) is 2.32. The summed E-state index contributed by atoms with van der Waals surface area (Å²) in [4.78, 5) is 0. The molecule has 0 fully saturated rings. The van der Waals surface area contributed by atoms with E-state index in [1.165, 1.54) is 11.1 Å². The standard InChI is InChI=1S/C17H19Cl/c1-12-6-5-7-15(16(12)18)13-8-10-14(11-9-13)17(2,3)4/h5-11H,1-4H3. The zero-order valence-electron chi connectivity index (χ0n) is 11.4. The minimum Gasteiger partial charge on any atom is -0.0834 e. The smallest absolute Gasteiger partial charge is 0.0513 e. The van der Waals surface area contributed by atoms with Crippen LogP contribution in [-0.4, -0.2) is 0 Å². The van der Waals surface area contributed by atoms with E-state index >= 15 is 0 Å². The third-order valence-electron chi connectivity index (χ3n) is 3.25. The van der Waals surface area contributed by atoms with Gasteiger partial charge < -0.3 is 0 Å². The molecule has 0 atom stereocenters. The highest BCUT2D eigenvalue weighted by Crippen LogP contribution is 2.32. The van der Waals surface area contributed by atoms with Crippen LogP contribution in [0.4, 0.5) is 0 Å². The van der Waals surface area contributed by atoms with Crippen molar-refractivity contribution in [1.29, 1.82) is 0 Å². The fraction of sp³-hybridized carbons (Fsp3) is 0.294. The van der Waals surface area contributed by atoms with Gasteiger partial charge in [0.25, 0.3) is 0 Å². The molecule has 0 spiro atoms. The third-order valence-corrected chi connectivity index (χ3v) is 3.76. The van der Waals surface area contributed by atoms with Crippen LogP contribution in [0.1, 0.15) is 31.9 Å². The average molecular weight is 259 g/mol. The van der Waals surface area contributed by atoms with E-state index in [0.29, 0.717) is 0 Å². The molecular formula is C17H19Cl. The van der Waals surface area contributed by atoms with Crippen molar-refractivity contribution in [3.8, 4) is 11.1 Å². The first kappa shape index (κ1) is 13.2. The summed E-state index contributed by atoms with van der Waals surface area (Å²) in [6.45, 7) is 8.71. The Morgan fingerprint density at radius 2 is 1.50 bits per heavy atom. The van der Waals surface area contributed by atoms with Crippen molar-refractivity contribution in [3.05, 3.63) is 58.6 Å². The monoisotopic (exact) mass is 258 g/mol. The highest BCUT2D eigenvalue weighted by atomic mass is 35.5. The van der Waals surface area contributed by atoms with Crippen LogP contribution < -0.4 is 0 Å². The Bertz CT molecular complexity index is 545. The van der Waals surface area contributed by atoms with Gasteiger partial charge in [-0.3, -0.25) is 0 Å². The summed E-state index contributed by atoms with van der Waals surface area (Å²) in [6, 6.07) is 14.8. The zero-order valence-corrected chi connectivity index (χ0v) is 12.2. The van der Waals surface area contributed by atoms with Crippen LogP contribution >= 0.6 is 11.6 Å².